The van der Waals surface area contributed by atoms with Crippen molar-refractivity contribution in [3.63, 3.8) is 0 Å². The van der Waals surface area contributed by atoms with Crippen LogP contribution < -0.4 is 5.32 Å². The van der Waals surface area contributed by atoms with Gasteiger partial charge in [0.15, 0.2) is 0 Å². The quantitative estimate of drug-likeness (QED) is 0.916. The minimum atomic E-state index is -0.000787. The van der Waals surface area contributed by atoms with Crippen LogP contribution in [-0.2, 0) is 17.8 Å². The molecule has 0 radical (unpaired) electrons. The molecule has 0 atom stereocenters. The molecule has 0 aliphatic heterocycles. The van der Waals surface area contributed by atoms with Crippen LogP contribution in [0, 0.1) is 26.7 Å². The van der Waals surface area contributed by atoms with E-state index in [2.05, 4.69) is 24.3 Å². The molecule has 4 nitrogen and oxygen atoms in total. The summed E-state index contributed by atoms with van der Waals surface area (Å²) in [6, 6.07) is 7.84. The second-order valence-electron chi connectivity index (χ2n) is 6.32. The number of benzene rings is 1. The Morgan fingerprint density at radius 2 is 1.82 bits per heavy atom. The molecule has 118 valence electrons. The standard InChI is InChI=1S/C18H25N3O/c1-12(2)11-21-15(5)17(14(4)20-21)10-18(22)19-16-8-6-13(3)7-9-16/h6-9,12H,10-11H2,1-5H3,(H,19,22). The van der Waals surface area contributed by atoms with Crippen molar-refractivity contribution in [1.82, 2.24) is 9.78 Å². The van der Waals surface area contributed by atoms with Crippen LogP contribution >= 0.6 is 0 Å². The van der Waals surface area contributed by atoms with Gasteiger partial charge in [0.2, 0.25) is 5.91 Å². The third-order valence-corrected chi connectivity index (χ3v) is 3.74. The van der Waals surface area contributed by atoms with Gasteiger partial charge in [0.25, 0.3) is 0 Å². The molecule has 1 amide bonds. The van der Waals surface area contributed by atoms with Crippen LogP contribution in [0.3, 0.4) is 0 Å². The lowest BCUT2D eigenvalue weighted by molar-refractivity contribution is -0.115. The van der Waals surface area contributed by atoms with Gasteiger partial charge in [-0.25, -0.2) is 0 Å². The van der Waals surface area contributed by atoms with Crippen molar-refractivity contribution < 1.29 is 4.79 Å². The third-order valence-electron chi connectivity index (χ3n) is 3.74. The van der Waals surface area contributed by atoms with Crippen LogP contribution in [0.5, 0.6) is 0 Å². The summed E-state index contributed by atoms with van der Waals surface area (Å²) in [7, 11) is 0. The van der Waals surface area contributed by atoms with Gasteiger partial charge in [-0.05, 0) is 38.8 Å². The van der Waals surface area contributed by atoms with Crippen LogP contribution in [0.25, 0.3) is 0 Å². The highest BCUT2D eigenvalue weighted by atomic mass is 16.1. The molecular formula is C18H25N3O. The second-order valence-corrected chi connectivity index (χ2v) is 6.32. The summed E-state index contributed by atoms with van der Waals surface area (Å²) in [6.07, 6.45) is 0.365. The molecule has 0 saturated heterocycles. The average molecular weight is 299 g/mol. The fraction of sp³-hybridized carbons (Fsp3) is 0.444. The highest BCUT2D eigenvalue weighted by Gasteiger charge is 2.15. The zero-order valence-corrected chi connectivity index (χ0v) is 14.1. The van der Waals surface area contributed by atoms with Gasteiger partial charge in [-0.2, -0.15) is 5.10 Å². The van der Waals surface area contributed by atoms with Gasteiger partial charge in [-0.15, -0.1) is 0 Å². The monoisotopic (exact) mass is 299 g/mol. The smallest absolute Gasteiger partial charge is 0.228 e. The average Bonchev–Trinajstić information content (AvgIpc) is 2.68. The van der Waals surface area contributed by atoms with E-state index in [-0.39, 0.29) is 5.91 Å². The highest BCUT2D eigenvalue weighted by Crippen LogP contribution is 2.16. The lowest BCUT2D eigenvalue weighted by Crippen LogP contribution is -2.15. The number of hydrogen-bond acceptors (Lipinski definition) is 2. The molecule has 0 bridgehead atoms. The molecule has 0 fully saturated rings. The Morgan fingerprint density at radius 3 is 2.41 bits per heavy atom. The number of aromatic nitrogens is 2. The summed E-state index contributed by atoms with van der Waals surface area (Å²) in [5.74, 6) is 0.534. The number of anilines is 1. The first kappa shape index (κ1) is 16.3. The number of nitrogens with zero attached hydrogens (tertiary/aromatic N) is 2. The normalized spacial score (nSPS) is 11.0. The predicted octanol–water partition coefficient (Wildman–Crippen LogP) is 3.65. The molecule has 0 spiro atoms. The zero-order valence-electron chi connectivity index (χ0n) is 14.1. The summed E-state index contributed by atoms with van der Waals surface area (Å²) in [5.41, 5.74) is 5.08. The Hall–Kier alpha value is -2.10. The molecule has 22 heavy (non-hydrogen) atoms. The molecule has 2 aromatic rings. The van der Waals surface area contributed by atoms with Gasteiger partial charge in [0, 0.05) is 23.5 Å². The van der Waals surface area contributed by atoms with E-state index in [0.29, 0.717) is 12.3 Å². The summed E-state index contributed by atoms with van der Waals surface area (Å²) >= 11 is 0. The van der Waals surface area contributed by atoms with Gasteiger partial charge in [0.1, 0.15) is 0 Å². The van der Waals surface area contributed by atoms with Crippen molar-refractivity contribution in [3.05, 3.63) is 46.8 Å². The second kappa shape index (κ2) is 6.77. The van der Waals surface area contributed by atoms with Gasteiger partial charge in [-0.3, -0.25) is 9.48 Å². The minimum Gasteiger partial charge on any atom is -0.326 e. The fourth-order valence-corrected chi connectivity index (χ4v) is 2.52. The van der Waals surface area contributed by atoms with Gasteiger partial charge in [-0.1, -0.05) is 31.5 Å². The molecule has 2 rings (SSSR count). The molecule has 0 unspecified atom stereocenters. The van der Waals surface area contributed by atoms with E-state index in [9.17, 15) is 4.79 Å². The van der Waals surface area contributed by atoms with E-state index in [0.717, 1.165) is 29.2 Å². The first-order chi connectivity index (χ1) is 10.4. The van der Waals surface area contributed by atoms with Crippen molar-refractivity contribution in [1.29, 1.82) is 0 Å². The topological polar surface area (TPSA) is 46.9 Å². The molecule has 4 heteroatoms. The number of rotatable bonds is 5. The maximum Gasteiger partial charge on any atom is 0.228 e. The highest BCUT2D eigenvalue weighted by molar-refractivity contribution is 5.92. The number of carbonyl (C=O) groups excluding carboxylic acids is 1. The van der Waals surface area contributed by atoms with Crippen LogP contribution in [0.4, 0.5) is 5.69 Å². The molecule has 1 aromatic carbocycles. The van der Waals surface area contributed by atoms with Crippen molar-refractivity contribution in [2.75, 3.05) is 5.32 Å². The van der Waals surface area contributed by atoms with E-state index in [1.807, 2.05) is 49.7 Å². The minimum absolute atomic E-state index is 0.000787. The van der Waals surface area contributed by atoms with Gasteiger partial charge in [0.05, 0.1) is 12.1 Å². The molecule has 1 heterocycles. The van der Waals surface area contributed by atoms with Gasteiger partial charge >= 0.3 is 0 Å². The molecule has 1 N–H and O–H groups in total. The number of nitrogens with one attached hydrogen (secondary N) is 1. The molecule has 0 saturated carbocycles. The third kappa shape index (κ3) is 3.97. The van der Waals surface area contributed by atoms with E-state index in [4.69, 9.17) is 0 Å². The van der Waals surface area contributed by atoms with Crippen molar-refractivity contribution >= 4 is 11.6 Å². The zero-order chi connectivity index (χ0) is 16.3. The Kier molecular flexibility index (Phi) is 5.01. The Balaban J connectivity index is 2.08. The maximum absolute atomic E-state index is 12.3. The van der Waals surface area contributed by atoms with Crippen molar-refractivity contribution in [3.8, 4) is 0 Å². The lowest BCUT2D eigenvalue weighted by Gasteiger charge is -2.08. The van der Waals surface area contributed by atoms with Crippen LogP contribution in [0.1, 0.15) is 36.4 Å². The Morgan fingerprint density at radius 1 is 1.18 bits per heavy atom. The van der Waals surface area contributed by atoms with E-state index >= 15 is 0 Å². The fourth-order valence-electron chi connectivity index (χ4n) is 2.52. The summed E-state index contributed by atoms with van der Waals surface area (Å²) in [4.78, 5) is 12.3. The summed E-state index contributed by atoms with van der Waals surface area (Å²) < 4.78 is 2.01. The predicted molar refractivity (Wildman–Crippen MR) is 90.1 cm³/mol. The SMILES string of the molecule is Cc1ccc(NC(=O)Cc2c(C)nn(CC(C)C)c2C)cc1. The number of carbonyl (C=O) groups is 1. The van der Waals surface area contributed by atoms with Gasteiger partial charge < -0.3 is 5.32 Å². The first-order valence-corrected chi connectivity index (χ1v) is 7.76. The number of amides is 1. The van der Waals surface area contributed by atoms with E-state index in [1.54, 1.807) is 0 Å². The molecule has 0 aliphatic carbocycles. The summed E-state index contributed by atoms with van der Waals surface area (Å²) in [6.45, 7) is 11.3. The first-order valence-electron chi connectivity index (χ1n) is 7.76. The largest absolute Gasteiger partial charge is 0.326 e. The van der Waals surface area contributed by atoms with Crippen molar-refractivity contribution in [2.24, 2.45) is 5.92 Å². The Labute approximate surface area is 132 Å². The van der Waals surface area contributed by atoms with Crippen LogP contribution in [-0.4, -0.2) is 15.7 Å². The molecule has 1 aromatic heterocycles. The van der Waals surface area contributed by atoms with Crippen LogP contribution in [0.2, 0.25) is 0 Å². The summed E-state index contributed by atoms with van der Waals surface area (Å²) in [5, 5.41) is 7.50. The number of hydrogen-bond donors (Lipinski definition) is 1. The maximum atomic E-state index is 12.3. The van der Waals surface area contributed by atoms with Crippen LogP contribution in [0.15, 0.2) is 24.3 Å². The molecular weight excluding hydrogens is 274 g/mol. The van der Waals surface area contributed by atoms with E-state index < -0.39 is 0 Å². The molecule has 0 aliphatic rings. The lowest BCUT2D eigenvalue weighted by atomic mass is 10.1. The number of aryl methyl sites for hydroxylation is 2. The van der Waals surface area contributed by atoms with Crippen molar-refractivity contribution in [2.45, 2.75) is 47.6 Å². The van der Waals surface area contributed by atoms with E-state index in [1.165, 1.54) is 5.56 Å². The Bertz CT molecular complexity index is 654.